The van der Waals surface area contributed by atoms with Crippen molar-refractivity contribution in [2.75, 3.05) is 32.5 Å². The summed E-state index contributed by atoms with van der Waals surface area (Å²) in [5.74, 6) is -9.01. The van der Waals surface area contributed by atoms with Crippen LogP contribution in [0.5, 0.6) is 0 Å². The largest absolute Gasteiger partial charge is 0.381 e. The van der Waals surface area contributed by atoms with Gasteiger partial charge in [0.15, 0.2) is 6.29 Å². The average molecular weight is 626 g/mol. The van der Waals surface area contributed by atoms with Crippen molar-refractivity contribution in [1.82, 2.24) is 15.1 Å². The van der Waals surface area contributed by atoms with E-state index < -0.39 is 40.4 Å². The minimum atomic E-state index is -3.76. The zero-order valence-corrected chi connectivity index (χ0v) is 26.8. The van der Waals surface area contributed by atoms with E-state index >= 15 is 4.39 Å². The highest BCUT2D eigenvalue weighted by molar-refractivity contribution is 6.41. The molecular weight excluding hydrogens is 584 g/mol. The van der Waals surface area contributed by atoms with Crippen molar-refractivity contribution in [3.05, 3.63) is 64.5 Å². The Bertz CT molecular complexity index is 1410. The molecule has 0 aromatic heterocycles. The number of carbonyl (C=O) groups is 3. The second-order valence-electron chi connectivity index (χ2n) is 12.4. The van der Waals surface area contributed by atoms with Gasteiger partial charge in [0, 0.05) is 50.0 Å². The SMILES string of the molecule is BC(B)(c1c(C=O)cccc1NCc1cc(CN2CC(C)OC(C)C2)ccc1F)N(C)C(B)(C(=O)NC)C(O)(O)C(O)(O)C=O. The first-order valence-corrected chi connectivity index (χ1v) is 14.7. The zero-order chi connectivity index (χ0) is 34.0. The summed E-state index contributed by atoms with van der Waals surface area (Å²) in [6, 6.07) is 9.68. The van der Waals surface area contributed by atoms with Crippen molar-refractivity contribution in [1.29, 1.82) is 0 Å². The molecule has 3 rings (SSSR count). The molecule has 0 spiro atoms. The van der Waals surface area contributed by atoms with E-state index in [0.29, 0.717) is 24.1 Å². The average Bonchev–Trinajstić information content (AvgIpc) is 2.98. The number of carbonyl (C=O) groups excluding carboxylic acids is 3. The number of nitrogens with zero attached hydrogens (tertiary/aromatic N) is 2. The van der Waals surface area contributed by atoms with Gasteiger partial charge < -0.3 is 40.7 Å². The molecular formula is C29H42B3FN4O8. The normalized spacial score (nSPS) is 19.5. The van der Waals surface area contributed by atoms with Gasteiger partial charge in [0.2, 0.25) is 11.7 Å². The summed E-state index contributed by atoms with van der Waals surface area (Å²) in [6.07, 6.45) is 0.247. The lowest BCUT2D eigenvalue weighted by molar-refractivity contribution is -0.355. The highest BCUT2D eigenvalue weighted by Crippen LogP contribution is 2.40. The van der Waals surface area contributed by atoms with Crippen molar-refractivity contribution < 1.29 is 43.9 Å². The summed E-state index contributed by atoms with van der Waals surface area (Å²) in [6.45, 7) is 6.14. The van der Waals surface area contributed by atoms with E-state index in [2.05, 4.69) is 15.5 Å². The van der Waals surface area contributed by atoms with Crippen LogP contribution in [0.15, 0.2) is 36.4 Å². The monoisotopic (exact) mass is 626 g/mol. The van der Waals surface area contributed by atoms with Gasteiger partial charge >= 0.3 is 0 Å². The van der Waals surface area contributed by atoms with Crippen molar-refractivity contribution in [3.8, 4) is 0 Å². The Balaban J connectivity index is 2.01. The van der Waals surface area contributed by atoms with Gasteiger partial charge in [0.25, 0.3) is 5.79 Å². The first-order chi connectivity index (χ1) is 20.9. The maximum atomic E-state index is 15.0. The van der Waals surface area contributed by atoms with Gasteiger partial charge in [0.1, 0.15) is 41.1 Å². The van der Waals surface area contributed by atoms with Crippen molar-refractivity contribution in [3.63, 3.8) is 0 Å². The number of amides is 1. The molecule has 242 valence electrons. The minimum absolute atomic E-state index is 0.0167. The van der Waals surface area contributed by atoms with Crippen LogP contribution in [-0.2, 0) is 32.8 Å². The van der Waals surface area contributed by atoms with Crippen LogP contribution in [-0.4, -0.2) is 129 Å². The lowest BCUT2D eigenvalue weighted by atomic mass is 9.52. The van der Waals surface area contributed by atoms with Crippen LogP contribution in [0.2, 0.25) is 0 Å². The highest BCUT2D eigenvalue weighted by atomic mass is 19.1. The summed E-state index contributed by atoms with van der Waals surface area (Å²) >= 11 is 0. The topological polar surface area (TPSA) is 172 Å². The molecule has 1 amide bonds. The lowest BCUT2D eigenvalue weighted by Gasteiger charge is -2.54. The van der Waals surface area contributed by atoms with E-state index in [0.717, 1.165) is 31.4 Å². The zero-order valence-electron chi connectivity index (χ0n) is 26.8. The summed E-state index contributed by atoms with van der Waals surface area (Å²) in [4.78, 5) is 40.3. The molecule has 2 aromatic rings. The maximum absolute atomic E-state index is 15.0. The molecule has 3 atom stereocenters. The molecule has 45 heavy (non-hydrogen) atoms. The Labute approximate surface area is 265 Å². The van der Waals surface area contributed by atoms with Gasteiger partial charge in [0.05, 0.1) is 12.2 Å². The smallest absolute Gasteiger partial charge is 0.278 e. The fourth-order valence-electron chi connectivity index (χ4n) is 6.18. The number of benzene rings is 2. The Hall–Kier alpha value is -3.11. The standard InChI is InChI=1S/C29H42B3FN4O8/c1-17-12-37(13-18(2)45-17)14-19-8-9-22(33)21(10-19)11-35-23-7-5-6-20(15-38)24(23)28(31,32)36(4)27(30,25(40)34-3)29(43,44)26(41,42)16-39/h5-10,15-18,35,41-44H,11-14,30-32H2,1-4H3,(H,34,40). The van der Waals surface area contributed by atoms with E-state index in [1.165, 1.54) is 26.2 Å². The van der Waals surface area contributed by atoms with E-state index in [4.69, 9.17) is 4.74 Å². The number of aliphatic hydroxyl groups is 4. The van der Waals surface area contributed by atoms with Gasteiger partial charge in [-0.25, -0.2) is 4.39 Å². The summed E-state index contributed by atoms with van der Waals surface area (Å²) < 4.78 is 20.8. The van der Waals surface area contributed by atoms with Crippen LogP contribution in [0.3, 0.4) is 0 Å². The molecule has 16 heteroatoms. The Morgan fingerprint density at radius 1 is 1.11 bits per heavy atom. The number of hydrogen-bond acceptors (Lipinski definition) is 11. The van der Waals surface area contributed by atoms with Crippen molar-refractivity contribution in [2.24, 2.45) is 0 Å². The third-order valence-corrected chi connectivity index (χ3v) is 8.85. The van der Waals surface area contributed by atoms with Gasteiger partial charge in [-0.2, -0.15) is 0 Å². The van der Waals surface area contributed by atoms with Gasteiger partial charge in [-0.05, 0) is 55.6 Å². The number of rotatable bonds is 13. The molecule has 0 aliphatic carbocycles. The number of ether oxygens (including phenoxy) is 1. The van der Waals surface area contributed by atoms with Gasteiger partial charge in [-0.1, -0.05) is 18.2 Å². The third kappa shape index (κ3) is 7.02. The fourth-order valence-corrected chi connectivity index (χ4v) is 6.18. The number of nitrogens with one attached hydrogen (secondary N) is 2. The van der Waals surface area contributed by atoms with Crippen LogP contribution in [0.25, 0.3) is 0 Å². The van der Waals surface area contributed by atoms with Gasteiger partial charge in [-0.3, -0.25) is 19.3 Å². The number of hydrogen-bond donors (Lipinski definition) is 6. The Kier molecular flexibility index (Phi) is 11.1. The maximum Gasteiger partial charge on any atom is 0.278 e. The molecule has 3 unspecified atom stereocenters. The minimum Gasteiger partial charge on any atom is -0.381 e. The number of likely N-dealkylation sites (N-methyl/N-ethyl adjacent to an activating group) is 2. The number of morpholine rings is 1. The Morgan fingerprint density at radius 2 is 1.73 bits per heavy atom. The number of halogens is 1. The third-order valence-electron chi connectivity index (χ3n) is 8.85. The van der Waals surface area contributed by atoms with E-state index in [1.54, 1.807) is 40.0 Å². The van der Waals surface area contributed by atoms with Crippen LogP contribution in [0.4, 0.5) is 10.1 Å². The predicted octanol–water partition coefficient (Wildman–Crippen LogP) is -3.20. The molecule has 12 nitrogen and oxygen atoms in total. The number of anilines is 1. The van der Waals surface area contributed by atoms with E-state index in [-0.39, 0.29) is 29.9 Å². The lowest BCUT2D eigenvalue weighted by Crippen LogP contribution is -2.81. The second-order valence-corrected chi connectivity index (χ2v) is 12.4. The molecule has 0 bridgehead atoms. The Morgan fingerprint density at radius 3 is 2.29 bits per heavy atom. The first-order valence-electron chi connectivity index (χ1n) is 14.7. The summed E-state index contributed by atoms with van der Waals surface area (Å²) in [5.41, 5.74) is -0.491. The molecule has 2 aromatic carbocycles. The van der Waals surface area contributed by atoms with Crippen molar-refractivity contribution >= 4 is 47.7 Å². The molecule has 1 heterocycles. The first kappa shape index (κ1) is 36.4. The predicted molar refractivity (Wildman–Crippen MR) is 173 cm³/mol. The fraction of sp³-hybridized carbons (Fsp3) is 0.483. The van der Waals surface area contributed by atoms with E-state index in [1.807, 2.05) is 13.8 Å². The molecule has 0 radical (unpaired) electrons. The van der Waals surface area contributed by atoms with Crippen LogP contribution in [0, 0.1) is 5.82 Å². The van der Waals surface area contributed by atoms with Gasteiger partial charge in [-0.15, -0.1) is 0 Å². The van der Waals surface area contributed by atoms with Crippen LogP contribution >= 0.6 is 0 Å². The summed E-state index contributed by atoms with van der Waals surface area (Å²) in [7, 11) is 6.66. The molecule has 1 saturated heterocycles. The number of aldehydes is 2. The molecule has 6 N–H and O–H groups in total. The molecule has 1 fully saturated rings. The molecule has 1 aliphatic rings. The van der Waals surface area contributed by atoms with E-state index in [9.17, 15) is 34.8 Å². The molecule has 0 saturated carbocycles. The van der Waals surface area contributed by atoms with Crippen molar-refractivity contribution in [2.45, 2.75) is 61.5 Å². The van der Waals surface area contributed by atoms with Crippen LogP contribution in [0.1, 0.15) is 40.9 Å². The second kappa shape index (κ2) is 13.7. The summed E-state index contributed by atoms with van der Waals surface area (Å²) in [5, 5.41) is 46.4. The quantitative estimate of drug-likeness (QED) is 0.0753. The highest BCUT2D eigenvalue weighted by Gasteiger charge is 2.66. The molecule has 1 aliphatic heterocycles. The van der Waals surface area contributed by atoms with Crippen LogP contribution < -0.4 is 10.6 Å².